The van der Waals surface area contributed by atoms with Crippen molar-refractivity contribution in [3.05, 3.63) is 162 Å². The number of aryl methyl sites for hydroxylation is 1. The third-order valence-electron chi connectivity index (χ3n) is 9.44. The van der Waals surface area contributed by atoms with Crippen LogP contribution in [-0.4, -0.2) is 18.5 Å². The van der Waals surface area contributed by atoms with E-state index in [0.29, 0.717) is 51.8 Å². The van der Waals surface area contributed by atoms with Crippen LogP contribution in [0.25, 0.3) is 32.7 Å². The van der Waals surface area contributed by atoms with Crippen molar-refractivity contribution in [2.45, 2.75) is 40.0 Å². The van der Waals surface area contributed by atoms with E-state index in [2.05, 4.69) is 17.2 Å². The largest absolute Gasteiger partial charge is 0.493 e. The molecule has 0 heterocycles. The van der Waals surface area contributed by atoms with Crippen LogP contribution >= 0.6 is 0 Å². The van der Waals surface area contributed by atoms with Crippen molar-refractivity contribution in [2.24, 2.45) is 10.2 Å². The third kappa shape index (κ3) is 7.91. The SMILES string of the molecule is CCCCCOc1cc(C(=O)Oc2ccc3ccccc3c2-c2c(OC(=O)c3ccc(/N=N\c4ccccc4)cc3)ccc3ccccc23)cc(C)c1C. The molecule has 7 aromatic carbocycles. The summed E-state index contributed by atoms with van der Waals surface area (Å²) in [6.07, 6.45) is 3.11. The number of carbonyl (C=O) groups is 2. The van der Waals surface area contributed by atoms with E-state index in [-0.39, 0.29) is 0 Å². The number of benzene rings is 7. The van der Waals surface area contributed by atoms with Crippen molar-refractivity contribution in [1.82, 2.24) is 0 Å². The number of rotatable bonds is 12. The summed E-state index contributed by atoms with van der Waals surface area (Å²) in [6, 6.07) is 43.0. The summed E-state index contributed by atoms with van der Waals surface area (Å²) in [6.45, 7) is 6.69. The van der Waals surface area contributed by atoms with E-state index in [0.717, 1.165) is 57.6 Å². The first-order valence-corrected chi connectivity index (χ1v) is 18.2. The van der Waals surface area contributed by atoms with Crippen LogP contribution in [0.5, 0.6) is 17.2 Å². The van der Waals surface area contributed by atoms with Gasteiger partial charge in [0, 0.05) is 11.1 Å². The Morgan fingerprint density at radius 2 is 1.07 bits per heavy atom. The van der Waals surface area contributed by atoms with Gasteiger partial charge in [-0.2, -0.15) is 10.2 Å². The van der Waals surface area contributed by atoms with Crippen LogP contribution in [0, 0.1) is 13.8 Å². The Bertz CT molecular complexity index is 2490. The summed E-state index contributed by atoms with van der Waals surface area (Å²) in [5.41, 5.74) is 5.26. The topological polar surface area (TPSA) is 86.5 Å². The number of nitrogens with zero attached hydrogens (tertiary/aromatic N) is 2. The first-order chi connectivity index (χ1) is 26.4. The van der Waals surface area contributed by atoms with Crippen LogP contribution in [0.1, 0.15) is 58.0 Å². The Hall–Kier alpha value is -6.60. The maximum absolute atomic E-state index is 14.0. The van der Waals surface area contributed by atoms with E-state index >= 15 is 0 Å². The van der Waals surface area contributed by atoms with Gasteiger partial charge >= 0.3 is 11.9 Å². The Morgan fingerprint density at radius 1 is 0.537 bits per heavy atom. The lowest BCUT2D eigenvalue weighted by Gasteiger charge is -2.19. The lowest BCUT2D eigenvalue weighted by molar-refractivity contribution is 0.0723. The smallest absolute Gasteiger partial charge is 0.343 e. The quantitative estimate of drug-likeness (QED) is 0.0545. The number of azo groups is 1. The van der Waals surface area contributed by atoms with Crippen molar-refractivity contribution in [2.75, 3.05) is 6.61 Å². The molecule has 0 spiro atoms. The number of esters is 2. The molecule has 0 amide bonds. The number of unbranched alkanes of at least 4 members (excludes halogenated alkanes) is 2. The molecule has 0 aliphatic heterocycles. The molecule has 0 N–H and O–H groups in total. The van der Waals surface area contributed by atoms with Crippen molar-refractivity contribution in [3.8, 4) is 28.4 Å². The molecule has 0 unspecified atom stereocenters. The van der Waals surface area contributed by atoms with Gasteiger partial charge in [0.25, 0.3) is 0 Å². The molecule has 0 atom stereocenters. The molecule has 54 heavy (non-hydrogen) atoms. The summed E-state index contributed by atoms with van der Waals surface area (Å²) in [4.78, 5) is 27.8. The van der Waals surface area contributed by atoms with E-state index < -0.39 is 11.9 Å². The molecule has 7 heteroatoms. The number of fused-ring (bicyclic) bond motifs is 2. The Labute approximate surface area is 314 Å². The molecule has 0 radical (unpaired) electrons. The molecule has 0 aromatic heterocycles. The summed E-state index contributed by atoms with van der Waals surface area (Å²) >= 11 is 0. The minimum absolute atomic E-state index is 0.328. The lowest BCUT2D eigenvalue weighted by Crippen LogP contribution is -2.12. The highest BCUT2D eigenvalue weighted by atomic mass is 16.5. The average Bonchev–Trinajstić information content (AvgIpc) is 3.20. The number of hydrogen-bond acceptors (Lipinski definition) is 7. The van der Waals surface area contributed by atoms with E-state index in [9.17, 15) is 9.59 Å². The first kappa shape index (κ1) is 35.8. The highest BCUT2D eigenvalue weighted by Gasteiger charge is 2.23. The van der Waals surface area contributed by atoms with Crippen LogP contribution in [-0.2, 0) is 0 Å². The zero-order valence-corrected chi connectivity index (χ0v) is 30.5. The van der Waals surface area contributed by atoms with Gasteiger partial charge in [0.05, 0.1) is 29.1 Å². The van der Waals surface area contributed by atoms with Gasteiger partial charge in [0.2, 0.25) is 0 Å². The van der Waals surface area contributed by atoms with Crippen LogP contribution in [0.4, 0.5) is 11.4 Å². The Balaban J connectivity index is 1.26. The molecule has 0 aliphatic rings. The second-order valence-corrected chi connectivity index (χ2v) is 13.2. The van der Waals surface area contributed by atoms with Crippen molar-refractivity contribution in [1.29, 1.82) is 0 Å². The first-order valence-electron chi connectivity index (χ1n) is 18.2. The van der Waals surface area contributed by atoms with E-state index in [1.807, 2.05) is 111 Å². The molecule has 7 aromatic rings. The van der Waals surface area contributed by atoms with Gasteiger partial charge in [-0.3, -0.25) is 0 Å². The van der Waals surface area contributed by atoms with Crippen LogP contribution in [0.2, 0.25) is 0 Å². The van der Waals surface area contributed by atoms with Gasteiger partial charge in [-0.1, -0.05) is 98.6 Å². The monoisotopic (exact) mass is 712 g/mol. The van der Waals surface area contributed by atoms with Gasteiger partial charge in [0.1, 0.15) is 17.2 Å². The second-order valence-electron chi connectivity index (χ2n) is 13.2. The van der Waals surface area contributed by atoms with Crippen LogP contribution in [0.15, 0.2) is 150 Å². The summed E-state index contributed by atoms with van der Waals surface area (Å²) in [5.74, 6) is 0.278. The normalized spacial score (nSPS) is 11.2. The molecule has 0 saturated carbocycles. The molecule has 0 saturated heterocycles. The summed E-state index contributed by atoms with van der Waals surface area (Å²) in [7, 11) is 0. The predicted molar refractivity (Wildman–Crippen MR) is 215 cm³/mol. The number of carbonyl (C=O) groups excluding carboxylic acids is 2. The average molecular weight is 713 g/mol. The zero-order chi connectivity index (χ0) is 37.4. The molecular weight excluding hydrogens is 673 g/mol. The maximum Gasteiger partial charge on any atom is 0.343 e. The van der Waals surface area contributed by atoms with Crippen LogP contribution < -0.4 is 14.2 Å². The lowest BCUT2D eigenvalue weighted by atomic mass is 9.92. The zero-order valence-electron chi connectivity index (χ0n) is 30.5. The minimum Gasteiger partial charge on any atom is -0.493 e. The van der Waals surface area contributed by atoms with Crippen molar-refractivity contribution < 1.29 is 23.8 Å². The Kier molecular flexibility index (Phi) is 10.9. The van der Waals surface area contributed by atoms with Crippen molar-refractivity contribution >= 4 is 44.9 Å². The molecule has 0 bridgehead atoms. The fourth-order valence-corrected chi connectivity index (χ4v) is 6.41. The highest BCUT2D eigenvalue weighted by Crippen LogP contribution is 2.46. The molecule has 7 rings (SSSR count). The van der Waals surface area contributed by atoms with Gasteiger partial charge < -0.3 is 14.2 Å². The minimum atomic E-state index is -0.543. The maximum atomic E-state index is 14.0. The van der Waals surface area contributed by atoms with E-state index in [4.69, 9.17) is 14.2 Å². The highest BCUT2D eigenvalue weighted by molar-refractivity contribution is 6.11. The van der Waals surface area contributed by atoms with Crippen molar-refractivity contribution in [3.63, 3.8) is 0 Å². The molecule has 7 nitrogen and oxygen atoms in total. The van der Waals surface area contributed by atoms with Gasteiger partial charge in [-0.15, -0.1) is 0 Å². The van der Waals surface area contributed by atoms with Gasteiger partial charge in [-0.25, -0.2) is 9.59 Å². The fraction of sp³-hybridized carbons (Fsp3) is 0.149. The van der Waals surface area contributed by atoms with Crippen LogP contribution in [0.3, 0.4) is 0 Å². The Morgan fingerprint density at radius 3 is 1.67 bits per heavy atom. The van der Waals surface area contributed by atoms with E-state index in [1.165, 1.54) is 0 Å². The molecule has 0 fully saturated rings. The van der Waals surface area contributed by atoms with E-state index in [1.54, 1.807) is 42.5 Å². The summed E-state index contributed by atoms with van der Waals surface area (Å²) < 4.78 is 18.6. The number of hydrogen-bond donors (Lipinski definition) is 0. The molecule has 268 valence electrons. The number of ether oxygens (including phenoxy) is 3. The van der Waals surface area contributed by atoms with Gasteiger partial charge in [-0.05, 0) is 114 Å². The van der Waals surface area contributed by atoms with Gasteiger partial charge in [0.15, 0.2) is 0 Å². The summed E-state index contributed by atoms with van der Waals surface area (Å²) in [5, 5.41) is 12.1. The predicted octanol–water partition coefficient (Wildman–Crippen LogP) is 12.7. The molecular formula is C47H40N2O5. The molecule has 0 aliphatic carbocycles. The third-order valence-corrected chi connectivity index (χ3v) is 9.44. The standard InChI is InChI=1S/C47H40N2O5/c1-4-5-13-28-52-43-30-36(29-31(2)32(43)3)47(51)54-42-27-23-34-15-10-12-19-40(34)45(42)44-39-18-11-9-14-33(39)22-26-41(44)53-46(50)35-20-24-38(25-21-35)49-48-37-16-7-6-8-17-37/h6-12,14-27,29-30H,4-5,13,28H2,1-3H3/b49-48-. The second kappa shape index (κ2) is 16.4. The fourth-order valence-electron chi connectivity index (χ4n) is 6.41.